The van der Waals surface area contributed by atoms with E-state index in [0.717, 1.165) is 36.4 Å². The molecule has 1 rings (SSSR count). The van der Waals surface area contributed by atoms with Gasteiger partial charge in [-0.25, -0.2) is 0 Å². The Labute approximate surface area is 90.9 Å². The Morgan fingerprint density at radius 2 is 2.00 bits per heavy atom. The van der Waals surface area contributed by atoms with Gasteiger partial charge in [0.15, 0.2) is 5.75 Å². The van der Waals surface area contributed by atoms with Crippen molar-refractivity contribution in [1.29, 1.82) is 0 Å². The van der Waals surface area contributed by atoms with Crippen LogP contribution in [0.15, 0.2) is 0 Å². The van der Waals surface area contributed by atoms with Gasteiger partial charge in [-0.1, -0.05) is 0 Å². The highest BCUT2D eigenvalue weighted by molar-refractivity contribution is 5.31. The molecule has 0 amide bonds. The van der Waals surface area contributed by atoms with Gasteiger partial charge in [0.2, 0.25) is 0 Å². The van der Waals surface area contributed by atoms with Crippen LogP contribution in [0.25, 0.3) is 0 Å². The van der Waals surface area contributed by atoms with Crippen LogP contribution in [0.2, 0.25) is 0 Å². The van der Waals surface area contributed by atoms with E-state index < -0.39 is 0 Å². The SMILES string of the molecule is Cc1nn(C)c(C)c1OCCCCCO. The summed E-state index contributed by atoms with van der Waals surface area (Å²) in [7, 11) is 1.92. The Morgan fingerprint density at radius 1 is 1.27 bits per heavy atom. The highest BCUT2D eigenvalue weighted by Crippen LogP contribution is 2.21. The third kappa shape index (κ3) is 3.23. The van der Waals surface area contributed by atoms with Gasteiger partial charge in [-0.3, -0.25) is 4.68 Å². The lowest BCUT2D eigenvalue weighted by Gasteiger charge is -2.05. The summed E-state index contributed by atoms with van der Waals surface area (Å²) >= 11 is 0. The normalized spacial score (nSPS) is 10.7. The van der Waals surface area contributed by atoms with Gasteiger partial charge in [0.1, 0.15) is 5.69 Å². The highest BCUT2D eigenvalue weighted by Gasteiger charge is 2.09. The van der Waals surface area contributed by atoms with Crippen LogP contribution in [-0.2, 0) is 7.05 Å². The van der Waals surface area contributed by atoms with Crippen LogP contribution in [0, 0.1) is 13.8 Å². The fourth-order valence-corrected chi connectivity index (χ4v) is 1.53. The third-order valence-corrected chi connectivity index (χ3v) is 2.49. The number of nitrogens with zero attached hydrogens (tertiary/aromatic N) is 2. The van der Waals surface area contributed by atoms with Gasteiger partial charge in [-0.15, -0.1) is 0 Å². The summed E-state index contributed by atoms with van der Waals surface area (Å²) in [5, 5.41) is 12.9. The van der Waals surface area contributed by atoms with Gasteiger partial charge in [0.05, 0.1) is 12.3 Å². The van der Waals surface area contributed by atoms with Gasteiger partial charge < -0.3 is 9.84 Å². The topological polar surface area (TPSA) is 47.3 Å². The van der Waals surface area contributed by atoms with Crippen LogP contribution >= 0.6 is 0 Å². The number of hydrogen-bond donors (Lipinski definition) is 1. The molecule has 4 heteroatoms. The molecule has 0 fully saturated rings. The molecule has 0 bridgehead atoms. The monoisotopic (exact) mass is 212 g/mol. The van der Waals surface area contributed by atoms with Crippen LogP contribution in [0.3, 0.4) is 0 Å². The molecule has 0 saturated heterocycles. The van der Waals surface area contributed by atoms with Gasteiger partial charge in [-0.2, -0.15) is 5.10 Å². The quantitative estimate of drug-likeness (QED) is 0.728. The van der Waals surface area contributed by atoms with Crippen molar-refractivity contribution in [2.24, 2.45) is 7.05 Å². The van der Waals surface area contributed by atoms with Gasteiger partial charge in [0.25, 0.3) is 0 Å². The predicted octanol–water partition coefficient (Wildman–Crippen LogP) is 1.58. The van der Waals surface area contributed by atoms with Crippen molar-refractivity contribution >= 4 is 0 Å². The fraction of sp³-hybridized carbons (Fsp3) is 0.727. The minimum absolute atomic E-state index is 0.269. The van der Waals surface area contributed by atoms with E-state index in [0.29, 0.717) is 6.61 Å². The summed E-state index contributed by atoms with van der Waals surface area (Å²) in [6.07, 6.45) is 2.84. The maximum atomic E-state index is 8.62. The van der Waals surface area contributed by atoms with Crippen molar-refractivity contribution in [2.45, 2.75) is 33.1 Å². The smallest absolute Gasteiger partial charge is 0.162 e. The summed E-state index contributed by atoms with van der Waals surface area (Å²) in [6.45, 7) is 4.93. The molecule has 15 heavy (non-hydrogen) atoms. The predicted molar refractivity (Wildman–Crippen MR) is 59.1 cm³/mol. The molecular formula is C11H20N2O2. The number of ether oxygens (including phenoxy) is 1. The maximum absolute atomic E-state index is 8.62. The van der Waals surface area contributed by atoms with Crippen LogP contribution in [0.5, 0.6) is 5.75 Å². The third-order valence-electron chi connectivity index (χ3n) is 2.49. The molecule has 0 aliphatic heterocycles. The Balaban J connectivity index is 2.37. The number of aromatic nitrogens is 2. The molecule has 0 spiro atoms. The summed E-state index contributed by atoms with van der Waals surface area (Å²) < 4.78 is 7.50. The average molecular weight is 212 g/mol. The molecule has 0 radical (unpaired) electrons. The van der Waals surface area contributed by atoms with Crippen molar-refractivity contribution in [3.63, 3.8) is 0 Å². The van der Waals surface area contributed by atoms with Crippen LogP contribution < -0.4 is 4.74 Å². The van der Waals surface area contributed by atoms with Crippen LogP contribution in [-0.4, -0.2) is 28.1 Å². The molecule has 1 aromatic heterocycles. The zero-order chi connectivity index (χ0) is 11.3. The lowest BCUT2D eigenvalue weighted by molar-refractivity contribution is 0.265. The van der Waals surface area contributed by atoms with Crippen molar-refractivity contribution in [3.8, 4) is 5.75 Å². The van der Waals surface area contributed by atoms with E-state index in [1.165, 1.54) is 0 Å². The zero-order valence-corrected chi connectivity index (χ0v) is 9.79. The van der Waals surface area contributed by atoms with Crippen molar-refractivity contribution in [2.75, 3.05) is 13.2 Å². The minimum Gasteiger partial charge on any atom is -0.490 e. The number of unbranched alkanes of at least 4 members (excludes halogenated alkanes) is 2. The lowest BCUT2D eigenvalue weighted by atomic mass is 10.2. The summed E-state index contributed by atoms with van der Waals surface area (Å²) in [4.78, 5) is 0. The van der Waals surface area contributed by atoms with E-state index >= 15 is 0 Å². The Morgan fingerprint density at radius 3 is 2.53 bits per heavy atom. The van der Waals surface area contributed by atoms with E-state index in [1.807, 2.05) is 25.6 Å². The van der Waals surface area contributed by atoms with Gasteiger partial charge in [-0.05, 0) is 33.1 Å². The van der Waals surface area contributed by atoms with E-state index in [-0.39, 0.29) is 6.61 Å². The number of aliphatic hydroxyl groups is 1. The Bertz CT molecular complexity index is 308. The zero-order valence-electron chi connectivity index (χ0n) is 9.79. The minimum atomic E-state index is 0.269. The first-order valence-electron chi connectivity index (χ1n) is 5.40. The van der Waals surface area contributed by atoms with Gasteiger partial charge >= 0.3 is 0 Å². The lowest BCUT2D eigenvalue weighted by Crippen LogP contribution is -2.00. The molecule has 0 aliphatic rings. The molecule has 4 nitrogen and oxygen atoms in total. The number of aryl methyl sites for hydroxylation is 2. The standard InChI is InChI=1S/C11H20N2O2/c1-9-11(10(2)13(3)12-9)15-8-6-4-5-7-14/h14H,4-8H2,1-3H3. The number of aliphatic hydroxyl groups excluding tert-OH is 1. The van der Waals surface area contributed by atoms with E-state index in [1.54, 1.807) is 0 Å². The number of rotatable bonds is 6. The second-order valence-electron chi connectivity index (χ2n) is 3.76. The molecule has 1 aromatic rings. The molecule has 0 atom stereocenters. The first-order chi connectivity index (χ1) is 7.16. The van der Waals surface area contributed by atoms with Crippen molar-refractivity contribution in [1.82, 2.24) is 9.78 Å². The Hall–Kier alpha value is -1.03. The first kappa shape index (κ1) is 12.0. The molecule has 0 unspecified atom stereocenters. The molecular weight excluding hydrogens is 192 g/mol. The van der Waals surface area contributed by atoms with Crippen LogP contribution in [0.1, 0.15) is 30.7 Å². The van der Waals surface area contributed by atoms with E-state index in [2.05, 4.69) is 5.10 Å². The summed E-state index contributed by atoms with van der Waals surface area (Å²) in [5.41, 5.74) is 2.01. The molecule has 1 N–H and O–H groups in total. The van der Waals surface area contributed by atoms with E-state index in [4.69, 9.17) is 9.84 Å². The molecule has 0 aliphatic carbocycles. The fourth-order valence-electron chi connectivity index (χ4n) is 1.53. The van der Waals surface area contributed by atoms with Crippen LogP contribution in [0.4, 0.5) is 0 Å². The van der Waals surface area contributed by atoms with Crippen molar-refractivity contribution < 1.29 is 9.84 Å². The highest BCUT2D eigenvalue weighted by atomic mass is 16.5. The first-order valence-corrected chi connectivity index (χ1v) is 5.40. The molecule has 0 aromatic carbocycles. The molecule has 86 valence electrons. The Kier molecular flexibility index (Phi) is 4.62. The summed E-state index contributed by atoms with van der Waals surface area (Å²) in [5.74, 6) is 0.904. The van der Waals surface area contributed by atoms with Crippen molar-refractivity contribution in [3.05, 3.63) is 11.4 Å². The summed E-state index contributed by atoms with van der Waals surface area (Å²) in [6, 6.07) is 0. The maximum Gasteiger partial charge on any atom is 0.162 e. The van der Waals surface area contributed by atoms with Gasteiger partial charge in [0, 0.05) is 13.7 Å². The second kappa shape index (κ2) is 5.75. The molecule has 0 saturated carbocycles. The van der Waals surface area contributed by atoms with E-state index in [9.17, 15) is 0 Å². The second-order valence-corrected chi connectivity index (χ2v) is 3.76. The molecule has 1 heterocycles. The number of hydrogen-bond acceptors (Lipinski definition) is 3. The largest absolute Gasteiger partial charge is 0.490 e. The average Bonchev–Trinajstić information content (AvgIpc) is 2.44.